The van der Waals surface area contributed by atoms with Crippen molar-refractivity contribution in [1.82, 2.24) is 15.1 Å². The number of hydrogen-bond donors (Lipinski definition) is 1. The average molecular weight is 287 g/mol. The van der Waals surface area contributed by atoms with Gasteiger partial charge in [-0.15, -0.1) is 0 Å². The van der Waals surface area contributed by atoms with Crippen LogP contribution in [-0.2, 0) is 11.3 Å². The van der Waals surface area contributed by atoms with E-state index in [1.54, 1.807) is 7.11 Å². The van der Waals surface area contributed by atoms with E-state index < -0.39 is 0 Å². The topological polar surface area (TPSA) is 56.1 Å². The fourth-order valence-electron chi connectivity index (χ4n) is 2.10. The third-order valence-corrected chi connectivity index (χ3v) is 3.30. The van der Waals surface area contributed by atoms with Crippen LogP contribution in [0.4, 0.5) is 0 Å². The van der Waals surface area contributed by atoms with Gasteiger partial charge in [0.1, 0.15) is 5.75 Å². The third-order valence-electron chi connectivity index (χ3n) is 3.30. The molecule has 0 aliphatic carbocycles. The highest BCUT2D eigenvalue weighted by Gasteiger charge is 2.11. The number of aromatic nitrogens is 2. The highest BCUT2D eigenvalue weighted by atomic mass is 16.5. The molecule has 0 saturated carbocycles. The Morgan fingerprint density at radius 2 is 2.24 bits per heavy atom. The number of nitrogens with one attached hydrogen (secondary N) is 1. The fraction of sp³-hybridized carbons (Fsp3) is 0.375. The summed E-state index contributed by atoms with van der Waals surface area (Å²) in [5.74, 6) is 0.806. The van der Waals surface area contributed by atoms with Gasteiger partial charge in [0.2, 0.25) is 5.91 Å². The van der Waals surface area contributed by atoms with Gasteiger partial charge in [-0.3, -0.25) is 9.48 Å². The van der Waals surface area contributed by atoms with Crippen LogP contribution in [0, 0.1) is 6.92 Å². The Labute approximate surface area is 124 Å². The van der Waals surface area contributed by atoms with Crippen molar-refractivity contribution in [3.05, 3.63) is 47.8 Å². The van der Waals surface area contributed by atoms with Gasteiger partial charge in [0, 0.05) is 19.2 Å². The molecule has 0 spiro atoms. The van der Waals surface area contributed by atoms with Crippen LogP contribution >= 0.6 is 0 Å². The third kappa shape index (κ3) is 4.34. The zero-order valence-corrected chi connectivity index (χ0v) is 12.7. The molecule has 112 valence electrons. The molecule has 1 N–H and O–H groups in total. The number of amides is 1. The minimum absolute atomic E-state index is 0.0125. The molecule has 1 atom stereocenters. The first-order valence-electron chi connectivity index (χ1n) is 7.00. The lowest BCUT2D eigenvalue weighted by Gasteiger charge is -2.12. The van der Waals surface area contributed by atoms with Crippen molar-refractivity contribution in [1.29, 1.82) is 0 Å². The van der Waals surface area contributed by atoms with Gasteiger partial charge in [0.15, 0.2) is 0 Å². The van der Waals surface area contributed by atoms with Crippen LogP contribution in [0.3, 0.4) is 0 Å². The Kier molecular flexibility index (Phi) is 4.98. The molecular weight excluding hydrogens is 266 g/mol. The number of ether oxygens (including phenoxy) is 1. The summed E-state index contributed by atoms with van der Waals surface area (Å²) in [7, 11) is 1.63. The van der Waals surface area contributed by atoms with Crippen molar-refractivity contribution in [3.8, 4) is 5.75 Å². The number of methoxy groups -OCH3 is 1. The van der Waals surface area contributed by atoms with Crippen molar-refractivity contribution in [2.75, 3.05) is 7.11 Å². The van der Waals surface area contributed by atoms with E-state index in [2.05, 4.69) is 10.4 Å². The Bertz CT molecular complexity index is 607. The van der Waals surface area contributed by atoms with Crippen LogP contribution in [0.2, 0.25) is 0 Å². The highest BCUT2D eigenvalue weighted by Crippen LogP contribution is 2.13. The summed E-state index contributed by atoms with van der Waals surface area (Å²) >= 11 is 0. The lowest BCUT2D eigenvalue weighted by atomic mass is 10.2. The van der Waals surface area contributed by atoms with E-state index in [1.807, 2.05) is 55.1 Å². The molecular formula is C16H21N3O2. The standard InChI is InChI=1S/C16H21N3O2/c1-12-7-8-19(18-12)13(2)9-16(20)17-11-14-5-4-6-15(10-14)21-3/h4-8,10,13H,9,11H2,1-3H3,(H,17,20)/t13-/m1/s1. The zero-order valence-electron chi connectivity index (χ0n) is 12.7. The summed E-state index contributed by atoms with van der Waals surface area (Å²) in [4.78, 5) is 12.0. The second-order valence-corrected chi connectivity index (χ2v) is 5.12. The zero-order chi connectivity index (χ0) is 15.2. The minimum atomic E-state index is 0.0125. The summed E-state index contributed by atoms with van der Waals surface area (Å²) in [6, 6.07) is 9.65. The molecule has 1 amide bonds. The summed E-state index contributed by atoms with van der Waals surface area (Å²) in [5, 5.41) is 7.25. The lowest BCUT2D eigenvalue weighted by Crippen LogP contribution is -2.25. The maximum Gasteiger partial charge on any atom is 0.222 e. The van der Waals surface area contributed by atoms with E-state index in [0.29, 0.717) is 13.0 Å². The van der Waals surface area contributed by atoms with Gasteiger partial charge < -0.3 is 10.1 Å². The molecule has 2 rings (SSSR count). The van der Waals surface area contributed by atoms with Gasteiger partial charge >= 0.3 is 0 Å². The molecule has 5 nitrogen and oxygen atoms in total. The van der Waals surface area contributed by atoms with Crippen LogP contribution in [0.25, 0.3) is 0 Å². The van der Waals surface area contributed by atoms with E-state index in [-0.39, 0.29) is 11.9 Å². The highest BCUT2D eigenvalue weighted by molar-refractivity contribution is 5.76. The summed E-state index contributed by atoms with van der Waals surface area (Å²) in [6.45, 7) is 4.42. The smallest absolute Gasteiger partial charge is 0.222 e. The molecule has 2 aromatic rings. The molecule has 0 saturated heterocycles. The number of benzene rings is 1. The monoisotopic (exact) mass is 287 g/mol. The van der Waals surface area contributed by atoms with E-state index in [1.165, 1.54) is 0 Å². The Morgan fingerprint density at radius 1 is 1.43 bits per heavy atom. The molecule has 0 bridgehead atoms. The van der Waals surface area contributed by atoms with E-state index in [9.17, 15) is 4.79 Å². The SMILES string of the molecule is COc1cccc(CNC(=O)C[C@@H](C)n2ccc(C)n2)c1. The number of aryl methyl sites for hydroxylation is 1. The quantitative estimate of drug-likeness (QED) is 0.888. The van der Waals surface area contributed by atoms with Crippen LogP contribution in [0.5, 0.6) is 5.75 Å². The fourth-order valence-corrected chi connectivity index (χ4v) is 2.10. The molecule has 5 heteroatoms. The molecule has 0 radical (unpaired) electrons. The minimum Gasteiger partial charge on any atom is -0.497 e. The number of hydrogen-bond acceptors (Lipinski definition) is 3. The first-order chi connectivity index (χ1) is 10.1. The predicted octanol–water partition coefficient (Wildman–Crippen LogP) is 2.47. The average Bonchev–Trinajstić information content (AvgIpc) is 2.92. The first-order valence-corrected chi connectivity index (χ1v) is 7.00. The molecule has 0 aliphatic rings. The second-order valence-electron chi connectivity index (χ2n) is 5.12. The molecule has 0 unspecified atom stereocenters. The van der Waals surface area contributed by atoms with Crippen molar-refractivity contribution < 1.29 is 9.53 Å². The van der Waals surface area contributed by atoms with Crippen molar-refractivity contribution in [2.24, 2.45) is 0 Å². The van der Waals surface area contributed by atoms with Gasteiger partial charge in [-0.05, 0) is 37.6 Å². The van der Waals surface area contributed by atoms with Gasteiger partial charge in [-0.1, -0.05) is 12.1 Å². The van der Waals surface area contributed by atoms with Crippen molar-refractivity contribution in [2.45, 2.75) is 32.9 Å². The first kappa shape index (κ1) is 15.1. The number of carbonyl (C=O) groups excluding carboxylic acids is 1. The van der Waals surface area contributed by atoms with Crippen molar-refractivity contribution >= 4 is 5.91 Å². The van der Waals surface area contributed by atoms with Gasteiger partial charge in [0.25, 0.3) is 0 Å². The normalized spacial score (nSPS) is 12.0. The number of nitrogens with zero attached hydrogens (tertiary/aromatic N) is 2. The molecule has 1 aromatic carbocycles. The number of rotatable bonds is 6. The molecule has 21 heavy (non-hydrogen) atoms. The second kappa shape index (κ2) is 6.92. The van der Waals surface area contributed by atoms with Gasteiger partial charge in [0.05, 0.1) is 18.8 Å². The van der Waals surface area contributed by atoms with Gasteiger partial charge in [-0.25, -0.2) is 0 Å². The maximum absolute atomic E-state index is 12.0. The number of carbonyl (C=O) groups is 1. The van der Waals surface area contributed by atoms with Crippen molar-refractivity contribution in [3.63, 3.8) is 0 Å². The van der Waals surface area contributed by atoms with Crippen LogP contribution in [-0.4, -0.2) is 22.8 Å². The summed E-state index contributed by atoms with van der Waals surface area (Å²) in [5.41, 5.74) is 1.98. The molecule has 1 heterocycles. The molecule has 0 aliphatic heterocycles. The summed E-state index contributed by atoms with van der Waals surface area (Å²) in [6.07, 6.45) is 2.31. The Balaban J connectivity index is 1.84. The van der Waals surface area contributed by atoms with E-state index >= 15 is 0 Å². The van der Waals surface area contributed by atoms with E-state index in [4.69, 9.17) is 4.74 Å². The largest absolute Gasteiger partial charge is 0.497 e. The van der Waals surface area contributed by atoms with E-state index in [0.717, 1.165) is 17.0 Å². The Hall–Kier alpha value is -2.30. The van der Waals surface area contributed by atoms with Crippen LogP contribution in [0.15, 0.2) is 36.5 Å². The van der Waals surface area contributed by atoms with Gasteiger partial charge in [-0.2, -0.15) is 5.10 Å². The van der Waals surface area contributed by atoms with Crippen LogP contribution in [0.1, 0.15) is 30.6 Å². The lowest BCUT2D eigenvalue weighted by molar-refractivity contribution is -0.122. The molecule has 0 fully saturated rings. The van der Waals surface area contributed by atoms with Crippen LogP contribution < -0.4 is 10.1 Å². The maximum atomic E-state index is 12.0. The predicted molar refractivity (Wildman–Crippen MR) is 81.1 cm³/mol. The summed E-state index contributed by atoms with van der Waals surface area (Å²) < 4.78 is 6.98. The Morgan fingerprint density at radius 3 is 2.90 bits per heavy atom. The molecule has 1 aromatic heterocycles.